The van der Waals surface area contributed by atoms with Crippen LogP contribution in [0.4, 0.5) is 14.9 Å². The van der Waals surface area contributed by atoms with Gasteiger partial charge in [0.2, 0.25) is 5.89 Å². The molecule has 2 aromatic rings. The number of aromatic nitrogens is 2. The van der Waals surface area contributed by atoms with Crippen molar-refractivity contribution in [2.75, 3.05) is 5.32 Å². The van der Waals surface area contributed by atoms with Crippen LogP contribution in [0.15, 0.2) is 28.8 Å². The molecule has 20 heavy (non-hydrogen) atoms. The van der Waals surface area contributed by atoms with Crippen LogP contribution in [0.5, 0.6) is 0 Å². The molecule has 2 amide bonds. The molecule has 6 nitrogen and oxygen atoms in total. The molecule has 1 heterocycles. The van der Waals surface area contributed by atoms with Crippen LogP contribution in [0, 0.1) is 12.7 Å². The van der Waals surface area contributed by atoms with E-state index >= 15 is 0 Å². The van der Waals surface area contributed by atoms with Gasteiger partial charge in [-0.15, -0.1) is 0 Å². The summed E-state index contributed by atoms with van der Waals surface area (Å²) in [5.74, 6) is 0.249. The first-order valence-electron chi connectivity index (χ1n) is 6.03. The molecular weight excluding hydrogens is 263 g/mol. The summed E-state index contributed by atoms with van der Waals surface area (Å²) in [7, 11) is 0. The molecule has 0 saturated carbocycles. The van der Waals surface area contributed by atoms with E-state index in [2.05, 4.69) is 20.8 Å². The third-order valence-electron chi connectivity index (χ3n) is 2.63. The van der Waals surface area contributed by atoms with Gasteiger partial charge in [-0.1, -0.05) is 17.3 Å². The lowest BCUT2D eigenvalue weighted by atomic mass is 10.1. The maximum absolute atomic E-state index is 13.4. The topological polar surface area (TPSA) is 80.0 Å². The average Bonchev–Trinajstić information content (AvgIpc) is 2.79. The monoisotopic (exact) mass is 278 g/mol. The summed E-state index contributed by atoms with van der Waals surface area (Å²) in [5, 5.41) is 8.85. The van der Waals surface area contributed by atoms with Crippen molar-refractivity contribution in [3.63, 3.8) is 0 Å². The molecule has 0 aliphatic heterocycles. The van der Waals surface area contributed by atoms with Crippen LogP contribution < -0.4 is 10.6 Å². The summed E-state index contributed by atoms with van der Waals surface area (Å²) < 4.78 is 18.3. The number of anilines is 1. The highest BCUT2D eigenvalue weighted by atomic mass is 19.1. The third kappa shape index (κ3) is 3.11. The van der Waals surface area contributed by atoms with E-state index in [0.29, 0.717) is 11.7 Å². The Bertz CT molecular complexity index is 624. The highest BCUT2D eigenvalue weighted by Crippen LogP contribution is 2.17. The molecular formula is C13H15FN4O2. The molecule has 0 spiro atoms. The van der Waals surface area contributed by atoms with E-state index in [1.165, 1.54) is 12.1 Å². The predicted octanol–water partition coefficient (Wildman–Crippen LogP) is 2.57. The van der Waals surface area contributed by atoms with Crippen molar-refractivity contribution < 1.29 is 13.7 Å². The van der Waals surface area contributed by atoms with Gasteiger partial charge in [-0.2, -0.15) is 4.98 Å². The quantitative estimate of drug-likeness (QED) is 0.904. The second-order valence-electron chi connectivity index (χ2n) is 4.82. The van der Waals surface area contributed by atoms with Crippen molar-refractivity contribution in [1.29, 1.82) is 0 Å². The Morgan fingerprint density at radius 3 is 2.65 bits per heavy atom. The number of benzene rings is 1. The summed E-state index contributed by atoms with van der Waals surface area (Å²) in [6.07, 6.45) is 0. The third-order valence-corrected chi connectivity index (χ3v) is 2.63. The fourth-order valence-corrected chi connectivity index (χ4v) is 1.61. The standard InChI is InChI=1S/C13H15FN4O2/c1-8-15-11(18-20-8)13(2,3)17-12(19)16-10-7-5-4-6-9(10)14/h4-7H,1-3H3,(H2,16,17,19). The summed E-state index contributed by atoms with van der Waals surface area (Å²) in [5.41, 5.74) is -0.738. The van der Waals surface area contributed by atoms with Gasteiger partial charge in [0.05, 0.1) is 11.2 Å². The molecule has 0 unspecified atom stereocenters. The largest absolute Gasteiger partial charge is 0.340 e. The first-order valence-corrected chi connectivity index (χ1v) is 6.03. The van der Waals surface area contributed by atoms with Gasteiger partial charge in [0.15, 0.2) is 5.82 Å². The Balaban J connectivity index is 2.06. The summed E-state index contributed by atoms with van der Waals surface area (Å²) >= 11 is 0. The second-order valence-corrected chi connectivity index (χ2v) is 4.82. The highest BCUT2D eigenvalue weighted by Gasteiger charge is 2.28. The van der Waals surface area contributed by atoms with Crippen molar-refractivity contribution in [2.24, 2.45) is 0 Å². The number of carbonyl (C=O) groups excluding carboxylic acids is 1. The fourth-order valence-electron chi connectivity index (χ4n) is 1.61. The van der Waals surface area contributed by atoms with E-state index in [-0.39, 0.29) is 5.69 Å². The second kappa shape index (κ2) is 5.28. The summed E-state index contributed by atoms with van der Waals surface area (Å²) in [6.45, 7) is 5.10. The number of nitrogens with zero attached hydrogens (tertiary/aromatic N) is 2. The number of hydrogen-bond acceptors (Lipinski definition) is 4. The minimum atomic E-state index is -0.840. The lowest BCUT2D eigenvalue weighted by Gasteiger charge is -2.22. The van der Waals surface area contributed by atoms with E-state index in [1.54, 1.807) is 32.9 Å². The predicted molar refractivity (Wildman–Crippen MR) is 70.6 cm³/mol. The maximum Gasteiger partial charge on any atom is 0.320 e. The zero-order valence-corrected chi connectivity index (χ0v) is 11.4. The Morgan fingerprint density at radius 1 is 1.35 bits per heavy atom. The number of urea groups is 1. The van der Waals surface area contributed by atoms with Crippen LogP contribution in [-0.2, 0) is 5.54 Å². The van der Waals surface area contributed by atoms with Gasteiger partial charge >= 0.3 is 6.03 Å². The first kappa shape index (κ1) is 14.0. The van der Waals surface area contributed by atoms with E-state index in [1.807, 2.05) is 0 Å². The smallest absolute Gasteiger partial charge is 0.320 e. The van der Waals surface area contributed by atoms with Crippen LogP contribution in [0.25, 0.3) is 0 Å². The highest BCUT2D eigenvalue weighted by molar-refractivity contribution is 5.89. The summed E-state index contributed by atoms with van der Waals surface area (Å²) in [6, 6.07) is 5.36. The molecule has 1 aromatic heterocycles. The van der Waals surface area contributed by atoms with Gasteiger partial charge in [0.25, 0.3) is 0 Å². The van der Waals surface area contributed by atoms with Gasteiger partial charge in [0, 0.05) is 6.92 Å². The zero-order valence-electron chi connectivity index (χ0n) is 11.4. The number of halogens is 1. The molecule has 0 bridgehead atoms. The number of carbonyl (C=O) groups is 1. The van der Waals surface area contributed by atoms with E-state index in [0.717, 1.165) is 0 Å². The Kier molecular flexibility index (Phi) is 3.69. The van der Waals surface area contributed by atoms with Crippen molar-refractivity contribution >= 4 is 11.7 Å². The minimum absolute atomic E-state index is 0.102. The Labute approximate surface area is 115 Å². The lowest BCUT2D eigenvalue weighted by molar-refractivity contribution is 0.239. The van der Waals surface area contributed by atoms with Crippen LogP contribution >= 0.6 is 0 Å². The molecule has 1 aromatic carbocycles. The van der Waals surface area contributed by atoms with Crippen LogP contribution in [0.1, 0.15) is 25.6 Å². The number of rotatable bonds is 3. The van der Waals surface area contributed by atoms with Gasteiger partial charge in [-0.05, 0) is 26.0 Å². The molecule has 0 aliphatic rings. The van der Waals surface area contributed by atoms with Crippen LogP contribution in [0.3, 0.4) is 0 Å². The molecule has 2 rings (SSSR count). The van der Waals surface area contributed by atoms with Gasteiger partial charge in [-0.3, -0.25) is 0 Å². The van der Waals surface area contributed by atoms with Crippen LogP contribution in [0.2, 0.25) is 0 Å². The van der Waals surface area contributed by atoms with Crippen molar-refractivity contribution in [3.8, 4) is 0 Å². The zero-order chi connectivity index (χ0) is 14.8. The molecule has 2 N–H and O–H groups in total. The van der Waals surface area contributed by atoms with Crippen molar-refractivity contribution in [1.82, 2.24) is 15.5 Å². The maximum atomic E-state index is 13.4. The molecule has 0 fully saturated rings. The van der Waals surface area contributed by atoms with Gasteiger partial charge in [0.1, 0.15) is 5.82 Å². The minimum Gasteiger partial charge on any atom is -0.340 e. The lowest BCUT2D eigenvalue weighted by Crippen LogP contribution is -2.44. The van der Waals surface area contributed by atoms with Gasteiger partial charge < -0.3 is 15.2 Å². The number of para-hydroxylation sites is 1. The number of amides is 2. The van der Waals surface area contributed by atoms with Crippen LogP contribution in [-0.4, -0.2) is 16.2 Å². The average molecular weight is 278 g/mol. The van der Waals surface area contributed by atoms with E-state index in [9.17, 15) is 9.18 Å². The number of nitrogens with one attached hydrogen (secondary N) is 2. The molecule has 0 atom stereocenters. The SMILES string of the molecule is Cc1nc(C(C)(C)NC(=O)Nc2ccccc2F)no1. The fraction of sp³-hybridized carbons (Fsp3) is 0.308. The Morgan fingerprint density at radius 2 is 2.05 bits per heavy atom. The van der Waals surface area contributed by atoms with Crippen molar-refractivity contribution in [2.45, 2.75) is 26.3 Å². The van der Waals surface area contributed by atoms with Gasteiger partial charge in [-0.25, -0.2) is 9.18 Å². The molecule has 106 valence electrons. The summed E-state index contributed by atoms with van der Waals surface area (Å²) in [4.78, 5) is 16.0. The molecule has 7 heteroatoms. The molecule has 0 saturated heterocycles. The van der Waals surface area contributed by atoms with E-state index in [4.69, 9.17) is 4.52 Å². The number of aryl methyl sites for hydroxylation is 1. The van der Waals surface area contributed by atoms with Crippen molar-refractivity contribution in [3.05, 3.63) is 41.8 Å². The number of hydrogen-bond donors (Lipinski definition) is 2. The molecule has 0 aliphatic carbocycles. The Hall–Kier alpha value is -2.44. The molecule has 0 radical (unpaired) electrons. The first-order chi connectivity index (χ1) is 9.38. The normalized spacial score (nSPS) is 11.2. The van der Waals surface area contributed by atoms with E-state index < -0.39 is 17.4 Å².